The number of nitriles is 1. The Morgan fingerprint density at radius 3 is 2.33 bits per heavy atom. The van der Waals surface area contributed by atoms with Crippen LogP contribution in [-0.4, -0.2) is 10.1 Å². The number of aromatic hydroxyl groups is 1. The van der Waals surface area contributed by atoms with Crippen LogP contribution in [-0.2, 0) is 6.18 Å². The Kier molecular flexibility index (Phi) is 4.05. The van der Waals surface area contributed by atoms with Gasteiger partial charge < -0.3 is 5.11 Å². The van der Waals surface area contributed by atoms with E-state index in [0.29, 0.717) is 11.8 Å². The quantitative estimate of drug-likeness (QED) is 0.907. The van der Waals surface area contributed by atoms with Gasteiger partial charge in [-0.3, -0.25) is 4.98 Å². The van der Waals surface area contributed by atoms with Crippen molar-refractivity contribution in [3.8, 4) is 11.8 Å². The zero-order valence-electron chi connectivity index (χ0n) is 10.4. The number of rotatable bonds is 2. The van der Waals surface area contributed by atoms with Gasteiger partial charge >= 0.3 is 6.18 Å². The Bertz CT molecular complexity index is 693. The normalized spacial score (nSPS) is 12.7. The maximum Gasteiger partial charge on any atom is 0.417 e. The first-order valence-corrected chi connectivity index (χ1v) is 6.12. The summed E-state index contributed by atoms with van der Waals surface area (Å²) in [6.45, 7) is 0. The second-order valence-electron chi connectivity index (χ2n) is 4.24. The third-order valence-corrected chi connectivity index (χ3v) is 3.13. The van der Waals surface area contributed by atoms with Gasteiger partial charge in [0.15, 0.2) is 0 Å². The molecule has 0 unspecified atom stereocenters. The number of hydrogen-bond acceptors (Lipinski definition) is 3. The summed E-state index contributed by atoms with van der Waals surface area (Å²) in [7, 11) is 0. The Morgan fingerprint density at radius 2 is 1.86 bits per heavy atom. The molecule has 0 bridgehead atoms. The third-order valence-electron chi connectivity index (χ3n) is 2.83. The summed E-state index contributed by atoms with van der Waals surface area (Å²) in [6, 6.07) is 8.40. The second-order valence-corrected chi connectivity index (χ2v) is 4.65. The Hall–Kier alpha value is -2.26. The van der Waals surface area contributed by atoms with E-state index in [9.17, 15) is 23.5 Å². The van der Waals surface area contributed by atoms with Gasteiger partial charge in [0.05, 0.1) is 22.3 Å². The number of halogens is 4. The van der Waals surface area contributed by atoms with Crippen molar-refractivity contribution in [2.45, 2.75) is 12.1 Å². The highest BCUT2D eigenvalue weighted by atomic mass is 35.5. The van der Waals surface area contributed by atoms with Gasteiger partial charge in [-0.2, -0.15) is 18.4 Å². The molecule has 0 fully saturated rings. The van der Waals surface area contributed by atoms with E-state index in [4.69, 9.17) is 11.6 Å². The number of alkyl halides is 3. The molecule has 0 aliphatic carbocycles. The molecule has 0 aliphatic rings. The average Bonchev–Trinajstić information content (AvgIpc) is 2.42. The number of aromatic nitrogens is 1. The minimum atomic E-state index is -4.55. The first-order valence-electron chi connectivity index (χ1n) is 5.74. The Labute approximate surface area is 123 Å². The maximum atomic E-state index is 12.6. The number of nitrogens with zero attached hydrogens (tertiary/aromatic N) is 2. The average molecular weight is 313 g/mol. The molecule has 0 saturated heterocycles. The van der Waals surface area contributed by atoms with Crippen molar-refractivity contribution < 1.29 is 18.3 Å². The minimum absolute atomic E-state index is 0.0157. The first-order chi connectivity index (χ1) is 9.82. The van der Waals surface area contributed by atoms with Gasteiger partial charge in [-0.15, -0.1) is 0 Å². The van der Waals surface area contributed by atoms with E-state index in [2.05, 4.69) is 4.98 Å². The van der Waals surface area contributed by atoms with Crippen molar-refractivity contribution in [2.24, 2.45) is 0 Å². The van der Waals surface area contributed by atoms with Crippen molar-refractivity contribution in [2.75, 3.05) is 0 Å². The lowest BCUT2D eigenvalue weighted by atomic mass is 9.96. The predicted molar refractivity (Wildman–Crippen MR) is 69.8 cm³/mol. The van der Waals surface area contributed by atoms with Crippen LogP contribution in [0.25, 0.3) is 0 Å². The molecule has 1 heterocycles. The molecular formula is C14H8ClF3N2O. The fourth-order valence-corrected chi connectivity index (χ4v) is 2.05. The fraction of sp³-hybridized carbons (Fsp3) is 0.143. The largest absolute Gasteiger partial charge is 0.508 e. The third kappa shape index (κ3) is 3.26. The number of hydrogen-bond donors (Lipinski definition) is 1. The van der Waals surface area contributed by atoms with Crippen LogP contribution in [0.15, 0.2) is 36.5 Å². The molecule has 1 N–H and O–H groups in total. The molecule has 1 aromatic carbocycles. The van der Waals surface area contributed by atoms with Crippen molar-refractivity contribution in [3.05, 3.63) is 58.4 Å². The molecular weight excluding hydrogens is 305 g/mol. The van der Waals surface area contributed by atoms with Gasteiger partial charge in [0.2, 0.25) is 0 Å². The van der Waals surface area contributed by atoms with E-state index in [1.165, 1.54) is 24.3 Å². The lowest BCUT2D eigenvalue weighted by Gasteiger charge is -2.13. The summed E-state index contributed by atoms with van der Waals surface area (Å²) in [4.78, 5) is 3.68. The monoisotopic (exact) mass is 312 g/mol. The highest BCUT2D eigenvalue weighted by Gasteiger charge is 2.32. The first kappa shape index (κ1) is 15.1. The van der Waals surface area contributed by atoms with Crippen LogP contribution in [0.4, 0.5) is 13.2 Å². The van der Waals surface area contributed by atoms with Gasteiger partial charge in [0.1, 0.15) is 11.7 Å². The van der Waals surface area contributed by atoms with E-state index in [1.54, 1.807) is 0 Å². The van der Waals surface area contributed by atoms with E-state index < -0.39 is 17.7 Å². The smallest absolute Gasteiger partial charge is 0.417 e. The van der Waals surface area contributed by atoms with Crippen molar-refractivity contribution in [1.29, 1.82) is 5.26 Å². The molecule has 21 heavy (non-hydrogen) atoms. The zero-order chi connectivity index (χ0) is 15.6. The van der Waals surface area contributed by atoms with Gasteiger partial charge in [-0.25, -0.2) is 0 Å². The van der Waals surface area contributed by atoms with Crippen LogP contribution < -0.4 is 0 Å². The van der Waals surface area contributed by atoms with Crippen LogP contribution in [0.1, 0.15) is 22.7 Å². The fourth-order valence-electron chi connectivity index (χ4n) is 1.78. The van der Waals surface area contributed by atoms with Crippen LogP contribution in [0.3, 0.4) is 0 Å². The molecule has 0 saturated carbocycles. The molecule has 0 aliphatic heterocycles. The molecule has 3 nitrogen and oxygen atoms in total. The van der Waals surface area contributed by atoms with E-state index in [0.717, 1.165) is 6.07 Å². The Balaban J connectivity index is 2.44. The number of phenols is 1. The molecule has 2 aromatic rings. The van der Waals surface area contributed by atoms with Gasteiger partial charge in [0.25, 0.3) is 0 Å². The summed E-state index contributed by atoms with van der Waals surface area (Å²) in [5, 5.41) is 18.2. The molecule has 7 heteroatoms. The molecule has 0 spiro atoms. The van der Waals surface area contributed by atoms with Crippen molar-refractivity contribution in [1.82, 2.24) is 4.98 Å². The molecule has 108 valence electrons. The number of pyridine rings is 1. The second kappa shape index (κ2) is 5.62. The topological polar surface area (TPSA) is 56.9 Å². The van der Waals surface area contributed by atoms with Crippen LogP contribution in [0.5, 0.6) is 5.75 Å². The predicted octanol–water partition coefficient (Wildman–Crippen LogP) is 4.11. The van der Waals surface area contributed by atoms with Gasteiger partial charge in [-0.1, -0.05) is 23.7 Å². The highest BCUT2D eigenvalue weighted by molar-refractivity contribution is 6.31. The molecule has 0 radical (unpaired) electrons. The zero-order valence-corrected chi connectivity index (χ0v) is 11.2. The molecule has 0 amide bonds. The molecule has 1 aromatic heterocycles. The Morgan fingerprint density at radius 1 is 1.24 bits per heavy atom. The molecule has 2 rings (SSSR count). The lowest BCUT2D eigenvalue weighted by Crippen LogP contribution is -2.08. The summed E-state index contributed by atoms with van der Waals surface area (Å²) in [5.41, 5.74) is -0.457. The summed E-state index contributed by atoms with van der Waals surface area (Å²) >= 11 is 5.83. The van der Waals surface area contributed by atoms with Crippen molar-refractivity contribution in [3.63, 3.8) is 0 Å². The summed E-state index contributed by atoms with van der Waals surface area (Å²) < 4.78 is 37.7. The van der Waals surface area contributed by atoms with Gasteiger partial charge in [-0.05, 0) is 23.8 Å². The van der Waals surface area contributed by atoms with Crippen LogP contribution in [0, 0.1) is 11.3 Å². The van der Waals surface area contributed by atoms with Crippen molar-refractivity contribution >= 4 is 11.6 Å². The standard InChI is InChI=1S/C14H8ClF3N2O/c15-12-5-9(14(16,17)18)7-20-13(12)11(6-19)8-1-3-10(21)4-2-8/h1-5,7,11,21H/t11-/m1/s1. The molecule has 1 atom stereocenters. The number of benzene rings is 1. The van der Waals surface area contributed by atoms with Crippen LogP contribution in [0.2, 0.25) is 5.02 Å². The maximum absolute atomic E-state index is 12.6. The highest BCUT2D eigenvalue weighted by Crippen LogP contribution is 2.34. The van der Waals surface area contributed by atoms with E-state index >= 15 is 0 Å². The van der Waals surface area contributed by atoms with Crippen LogP contribution >= 0.6 is 11.6 Å². The van der Waals surface area contributed by atoms with E-state index in [1.807, 2.05) is 6.07 Å². The SMILES string of the molecule is N#C[C@H](c1ccc(O)cc1)c1ncc(C(F)(F)F)cc1Cl. The van der Waals surface area contributed by atoms with Gasteiger partial charge in [0, 0.05) is 6.20 Å². The van der Waals surface area contributed by atoms with E-state index in [-0.39, 0.29) is 16.5 Å². The summed E-state index contributed by atoms with van der Waals surface area (Å²) in [5.74, 6) is -0.901. The lowest BCUT2D eigenvalue weighted by molar-refractivity contribution is -0.137. The number of phenolic OH excluding ortho intramolecular Hbond substituents is 1. The summed E-state index contributed by atoms with van der Waals surface area (Å²) in [6.07, 6.45) is -3.90. The minimum Gasteiger partial charge on any atom is -0.508 e.